The summed E-state index contributed by atoms with van der Waals surface area (Å²) >= 11 is 0. The van der Waals surface area contributed by atoms with Crippen LogP contribution in [0.3, 0.4) is 0 Å². The summed E-state index contributed by atoms with van der Waals surface area (Å²) in [6.45, 7) is 5.86. The summed E-state index contributed by atoms with van der Waals surface area (Å²) in [5, 5.41) is 8.95. The summed E-state index contributed by atoms with van der Waals surface area (Å²) in [5.41, 5.74) is 0. The third-order valence-corrected chi connectivity index (χ3v) is 3.54. The van der Waals surface area contributed by atoms with E-state index >= 15 is 0 Å². The van der Waals surface area contributed by atoms with Gasteiger partial charge in [-0.05, 0) is 25.8 Å². The lowest BCUT2D eigenvalue weighted by molar-refractivity contribution is -0.141. The Morgan fingerprint density at radius 1 is 1.29 bits per heavy atom. The highest BCUT2D eigenvalue weighted by atomic mass is 16.4. The van der Waals surface area contributed by atoms with Crippen molar-refractivity contribution in [1.29, 1.82) is 0 Å². The van der Waals surface area contributed by atoms with Gasteiger partial charge in [-0.3, -0.25) is 9.69 Å². The summed E-state index contributed by atoms with van der Waals surface area (Å²) in [6, 6.07) is 0.683. The van der Waals surface area contributed by atoms with Crippen LogP contribution >= 0.6 is 0 Å². The molecule has 0 amide bonds. The lowest BCUT2D eigenvalue weighted by Gasteiger charge is -2.23. The second kappa shape index (κ2) is 7.70. The van der Waals surface area contributed by atoms with E-state index in [1.54, 1.807) is 0 Å². The maximum absolute atomic E-state index is 10.9. The van der Waals surface area contributed by atoms with Gasteiger partial charge < -0.3 is 5.11 Å². The first kappa shape index (κ1) is 14.5. The monoisotopic (exact) mass is 241 g/mol. The first-order valence-corrected chi connectivity index (χ1v) is 7.12. The molecular weight excluding hydrogens is 214 g/mol. The zero-order chi connectivity index (χ0) is 12.7. The molecule has 1 rings (SSSR count). The van der Waals surface area contributed by atoms with Gasteiger partial charge in [-0.2, -0.15) is 0 Å². The molecule has 0 saturated heterocycles. The average Bonchev–Trinajstić information content (AvgIpc) is 3.10. The highest BCUT2D eigenvalue weighted by molar-refractivity contribution is 5.69. The Balaban J connectivity index is 2.17. The van der Waals surface area contributed by atoms with E-state index in [0.29, 0.717) is 6.04 Å². The van der Waals surface area contributed by atoms with Crippen LogP contribution in [0.1, 0.15) is 58.8 Å². The van der Waals surface area contributed by atoms with Crippen molar-refractivity contribution in [3.8, 4) is 0 Å². The van der Waals surface area contributed by atoms with Crippen LogP contribution in [0.25, 0.3) is 0 Å². The van der Waals surface area contributed by atoms with Crippen LogP contribution in [0.4, 0.5) is 0 Å². The van der Waals surface area contributed by atoms with Gasteiger partial charge >= 0.3 is 5.97 Å². The normalized spacial score (nSPS) is 17.4. The smallest absolute Gasteiger partial charge is 0.307 e. The van der Waals surface area contributed by atoms with Crippen LogP contribution in [-0.4, -0.2) is 35.1 Å². The number of rotatable bonds is 10. The van der Waals surface area contributed by atoms with Crippen LogP contribution in [0.15, 0.2) is 0 Å². The summed E-state index contributed by atoms with van der Waals surface area (Å²) in [6.07, 6.45) is 8.98. The summed E-state index contributed by atoms with van der Waals surface area (Å²) in [4.78, 5) is 13.3. The lowest BCUT2D eigenvalue weighted by Crippen LogP contribution is -2.34. The van der Waals surface area contributed by atoms with E-state index in [9.17, 15) is 4.79 Å². The van der Waals surface area contributed by atoms with Gasteiger partial charge in [-0.15, -0.1) is 0 Å². The Morgan fingerprint density at radius 3 is 2.47 bits per heavy atom. The van der Waals surface area contributed by atoms with Gasteiger partial charge in [-0.25, -0.2) is 0 Å². The molecule has 1 aliphatic rings. The molecule has 0 aromatic heterocycles. The summed E-state index contributed by atoms with van der Waals surface area (Å²) in [7, 11) is 0. The van der Waals surface area contributed by atoms with Gasteiger partial charge in [0, 0.05) is 12.6 Å². The second-order valence-corrected chi connectivity index (χ2v) is 5.38. The van der Waals surface area contributed by atoms with E-state index in [4.69, 9.17) is 5.11 Å². The van der Waals surface area contributed by atoms with Crippen LogP contribution < -0.4 is 0 Å². The molecule has 3 heteroatoms. The molecule has 0 spiro atoms. The van der Waals surface area contributed by atoms with E-state index in [-0.39, 0.29) is 5.92 Å². The van der Waals surface area contributed by atoms with Crippen molar-refractivity contribution in [3.63, 3.8) is 0 Å². The molecule has 1 fully saturated rings. The standard InChI is InChI=1S/C14H27NO2/c1-3-4-5-6-7-10-15(13-8-9-13)11-12(2)14(16)17/h12-13H,3-11H2,1-2H3,(H,16,17). The molecule has 1 saturated carbocycles. The number of hydrogen-bond acceptors (Lipinski definition) is 2. The van der Waals surface area contributed by atoms with Crippen LogP contribution in [0.5, 0.6) is 0 Å². The zero-order valence-electron chi connectivity index (χ0n) is 11.3. The average molecular weight is 241 g/mol. The van der Waals surface area contributed by atoms with Gasteiger partial charge in [0.25, 0.3) is 0 Å². The van der Waals surface area contributed by atoms with Crippen molar-refractivity contribution in [1.82, 2.24) is 4.90 Å². The summed E-state index contributed by atoms with van der Waals surface area (Å²) in [5.74, 6) is -0.895. The van der Waals surface area contributed by atoms with Crippen molar-refractivity contribution < 1.29 is 9.90 Å². The Bertz CT molecular complexity index is 226. The van der Waals surface area contributed by atoms with E-state index < -0.39 is 5.97 Å². The maximum Gasteiger partial charge on any atom is 0.307 e. The van der Waals surface area contributed by atoms with Crippen molar-refractivity contribution >= 4 is 5.97 Å². The van der Waals surface area contributed by atoms with Gasteiger partial charge in [0.1, 0.15) is 0 Å². The Kier molecular flexibility index (Phi) is 6.56. The van der Waals surface area contributed by atoms with Crippen molar-refractivity contribution in [3.05, 3.63) is 0 Å². The van der Waals surface area contributed by atoms with Crippen LogP contribution in [0, 0.1) is 5.92 Å². The van der Waals surface area contributed by atoms with E-state index in [2.05, 4.69) is 11.8 Å². The minimum atomic E-state index is -0.665. The lowest BCUT2D eigenvalue weighted by atomic mass is 10.1. The first-order chi connectivity index (χ1) is 8.15. The number of carbonyl (C=O) groups is 1. The highest BCUT2D eigenvalue weighted by Gasteiger charge is 2.30. The fraction of sp³-hybridized carbons (Fsp3) is 0.929. The first-order valence-electron chi connectivity index (χ1n) is 7.12. The molecule has 0 aliphatic heterocycles. The molecule has 0 heterocycles. The molecular formula is C14H27NO2. The molecule has 3 nitrogen and oxygen atoms in total. The van der Waals surface area contributed by atoms with Crippen molar-refractivity contribution in [2.45, 2.75) is 64.8 Å². The Labute approximate surface area is 105 Å². The molecule has 1 unspecified atom stereocenters. The molecule has 0 aromatic rings. The van der Waals surface area contributed by atoms with Crippen LogP contribution in [-0.2, 0) is 4.79 Å². The number of nitrogens with zero attached hydrogens (tertiary/aromatic N) is 1. The minimum absolute atomic E-state index is 0.230. The molecule has 17 heavy (non-hydrogen) atoms. The molecule has 1 N–H and O–H groups in total. The van der Waals surface area contributed by atoms with Gasteiger partial charge in [0.2, 0.25) is 0 Å². The third kappa shape index (κ3) is 6.06. The summed E-state index contributed by atoms with van der Waals surface area (Å²) < 4.78 is 0. The minimum Gasteiger partial charge on any atom is -0.481 e. The number of carboxylic acid groups (broad SMARTS) is 1. The second-order valence-electron chi connectivity index (χ2n) is 5.38. The number of unbranched alkanes of at least 4 members (excludes halogenated alkanes) is 4. The number of aliphatic carboxylic acids is 1. The van der Waals surface area contributed by atoms with Crippen molar-refractivity contribution in [2.75, 3.05) is 13.1 Å². The molecule has 1 aliphatic carbocycles. The Hall–Kier alpha value is -0.570. The van der Waals surface area contributed by atoms with Gasteiger partial charge in [-0.1, -0.05) is 39.5 Å². The van der Waals surface area contributed by atoms with Gasteiger partial charge in [0.15, 0.2) is 0 Å². The van der Waals surface area contributed by atoms with Crippen LogP contribution in [0.2, 0.25) is 0 Å². The third-order valence-electron chi connectivity index (χ3n) is 3.54. The largest absolute Gasteiger partial charge is 0.481 e. The van der Waals surface area contributed by atoms with Crippen molar-refractivity contribution in [2.24, 2.45) is 5.92 Å². The Morgan fingerprint density at radius 2 is 1.94 bits per heavy atom. The molecule has 0 radical (unpaired) electrons. The highest BCUT2D eigenvalue weighted by Crippen LogP contribution is 2.28. The van der Waals surface area contributed by atoms with E-state index in [0.717, 1.165) is 13.1 Å². The maximum atomic E-state index is 10.9. The molecule has 100 valence electrons. The predicted molar refractivity (Wildman–Crippen MR) is 70.2 cm³/mol. The molecule has 1 atom stereocenters. The predicted octanol–water partition coefficient (Wildman–Crippen LogP) is 3.14. The fourth-order valence-corrected chi connectivity index (χ4v) is 2.21. The van der Waals surface area contributed by atoms with E-state index in [1.165, 1.54) is 44.9 Å². The molecule has 0 aromatic carbocycles. The quantitative estimate of drug-likeness (QED) is 0.597. The number of hydrogen-bond donors (Lipinski definition) is 1. The number of carboxylic acids is 1. The molecule has 0 bridgehead atoms. The SMILES string of the molecule is CCCCCCCN(CC(C)C(=O)O)C1CC1. The van der Waals surface area contributed by atoms with E-state index in [1.807, 2.05) is 6.92 Å². The zero-order valence-corrected chi connectivity index (χ0v) is 11.3. The fourth-order valence-electron chi connectivity index (χ4n) is 2.21. The van der Waals surface area contributed by atoms with Gasteiger partial charge in [0.05, 0.1) is 5.92 Å². The topological polar surface area (TPSA) is 40.5 Å².